The third kappa shape index (κ3) is 2.36. The van der Waals surface area contributed by atoms with Crippen LogP contribution in [0.2, 0.25) is 0 Å². The Morgan fingerprint density at radius 3 is 2.95 bits per heavy atom. The summed E-state index contributed by atoms with van der Waals surface area (Å²) >= 11 is 0. The lowest BCUT2D eigenvalue weighted by Crippen LogP contribution is -2.38. The lowest BCUT2D eigenvalue weighted by atomic mass is 10.2. The molecule has 3 heterocycles. The number of hydrogen-bond donors (Lipinski definition) is 0. The standard InChI is InChI=1S/C12H17N5O2S/c1-15-9-12(13-10-15)20(18,19)17-7-2-4-11(17)8-16-6-3-5-14-16/h3,5-6,9-11H,2,4,7-8H2,1H3. The van der Waals surface area contributed by atoms with Crippen molar-refractivity contribution < 1.29 is 8.42 Å². The number of sulfonamides is 1. The second kappa shape index (κ2) is 5.02. The quantitative estimate of drug-likeness (QED) is 0.822. The highest BCUT2D eigenvalue weighted by atomic mass is 32.2. The average Bonchev–Trinajstić information content (AvgIpc) is 3.10. The first kappa shape index (κ1) is 13.3. The molecule has 1 saturated heterocycles. The molecule has 0 bridgehead atoms. The summed E-state index contributed by atoms with van der Waals surface area (Å²) < 4.78 is 30.2. The molecule has 0 saturated carbocycles. The fourth-order valence-electron chi connectivity index (χ4n) is 2.57. The predicted octanol–water partition coefficient (Wildman–Crippen LogP) is 0.470. The lowest BCUT2D eigenvalue weighted by Gasteiger charge is -2.22. The van der Waals surface area contributed by atoms with Gasteiger partial charge in [-0.1, -0.05) is 0 Å². The Balaban J connectivity index is 1.84. The van der Waals surface area contributed by atoms with Gasteiger partial charge in [-0.2, -0.15) is 9.40 Å². The van der Waals surface area contributed by atoms with Crippen LogP contribution in [0.3, 0.4) is 0 Å². The normalized spacial score (nSPS) is 20.6. The SMILES string of the molecule is Cn1cnc(S(=O)(=O)N2CCCC2Cn2cccn2)c1. The Morgan fingerprint density at radius 1 is 1.45 bits per heavy atom. The molecule has 1 atom stereocenters. The molecule has 8 heteroatoms. The highest BCUT2D eigenvalue weighted by Gasteiger charge is 2.36. The van der Waals surface area contributed by atoms with Gasteiger partial charge in [0.1, 0.15) is 0 Å². The van der Waals surface area contributed by atoms with E-state index in [1.807, 2.05) is 12.3 Å². The smallest absolute Gasteiger partial charge is 0.262 e. The van der Waals surface area contributed by atoms with Crippen molar-refractivity contribution in [2.75, 3.05) is 6.54 Å². The van der Waals surface area contributed by atoms with Gasteiger partial charge in [-0.05, 0) is 18.9 Å². The van der Waals surface area contributed by atoms with Crippen LogP contribution < -0.4 is 0 Å². The summed E-state index contributed by atoms with van der Waals surface area (Å²) in [4.78, 5) is 3.97. The summed E-state index contributed by atoms with van der Waals surface area (Å²) in [5, 5.41) is 4.27. The summed E-state index contributed by atoms with van der Waals surface area (Å²) in [6.45, 7) is 1.13. The number of rotatable bonds is 4. The van der Waals surface area contributed by atoms with Crippen LogP contribution >= 0.6 is 0 Å². The van der Waals surface area contributed by atoms with E-state index >= 15 is 0 Å². The molecule has 7 nitrogen and oxygen atoms in total. The van der Waals surface area contributed by atoms with Crippen molar-refractivity contribution in [1.82, 2.24) is 23.6 Å². The van der Waals surface area contributed by atoms with Crippen molar-refractivity contribution in [3.8, 4) is 0 Å². The Morgan fingerprint density at radius 2 is 2.30 bits per heavy atom. The second-order valence-corrected chi connectivity index (χ2v) is 6.85. The minimum Gasteiger partial charge on any atom is -0.339 e. The number of imidazole rings is 1. The number of hydrogen-bond acceptors (Lipinski definition) is 4. The number of aryl methyl sites for hydroxylation is 1. The molecular formula is C12H17N5O2S. The minimum absolute atomic E-state index is 0.0538. The fraction of sp³-hybridized carbons (Fsp3) is 0.500. The highest BCUT2D eigenvalue weighted by Crippen LogP contribution is 2.26. The number of nitrogens with zero attached hydrogens (tertiary/aromatic N) is 5. The van der Waals surface area contributed by atoms with E-state index in [1.54, 1.807) is 33.0 Å². The molecule has 2 aromatic heterocycles. The van der Waals surface area contributed by atoms with Crippen molar-refractivity contribution in [2.45, 2.75) is 30.5 Å². The molecule has 3 rings (SSSR count). The van der Waals surface area contributed by atoms with Crippen molar-refractivity contribution >= 4 is 10.0 Å². The highest BCUT2D eigenvalue weighted by molar-refractivity contribution is 7.89. The predicted molar refractivity (Wildman–Crippen MR) is 72.3 cm³/mol. The summed E-state index contributed by atoms with van der Waals surface area (Å²) in [5.74, 6) is 0. The van der Waals surface area contributed by atoms with Crippen molar-refractivity contribution in [3.63, 3.8) is 0 Å². The van der Waals surface area contributed by atoms with Crippen molar-refractivity contribution in [2.24, 2.45) is 7.05 Å². The van der Waals surface area contributed by atoms with Gasteiger partial charge in [-0.15, -0.1) is 0 Å². The molecule has 1 unspecified atom stereocenters. The van der Waals surface area contributed by atoms with Gasteiger partial charge in [0.05, 0.1) is 12.9 Å². The molecule has 0 radical (unpaired) electrons. The Labute approximate surface area is 117 Å². The van der Waals surface area contributed by atoms with Gasteiger partial charge < -0.3 is 4.57 Å². The zero-order chi connectivity index (χ0) is 14.2. The molecule has 0 N–H and O–H groups in total. The van der Waals surface area contributed by atoms with Gasteiger partial charge in [-0.25, -0.2) is 13.4 Å². The van der Waals surface area contributed by atoms with Crippen LogP contribution in [-0.4, -0.2) is 44.6 Å². The number of aromatic nitrogens is 4. The molecule has 0 amide bonds. The molecule has 1 fully saturated rings. The van der Waals surface area contributed by atoms with Gasteiger partial charge >= 0.3 is 0 Å². The Kier molecular flexibility index (Phi) is 3.35. The molecule has 20 heavy (non-hydrogen) atoms. The van der Waals surface area contributed by atoms with E-state index in [9.17, 15) is 8.42 Å². The molecule has 0 spiro atoms. The van der Waals surface area contributed by atoms with Crippen LogP contribution in [0.15, 0.2) is 36.0 Å². The second-order valence-electron chi connectivity index (χ2n) is 5.02. The van der Waals surface area contributed by atoms with Crippen LogP contribution in [0.4, 0.5) is 0 Å². The van der Waals surface area contributed by atoms with E-state index in [-0.39, 0.29) is 11.1 Å². The van der Waals surface area contributed by atoms with Gasteiger partial charge in [0, 0.05) is 38.2 Å². The summed E-state index contributed by atoms with van der Waals surface area (Å²) in [7, 11) is -1.75. The maximum Gasteiger partial charge on any atom is 0.262 e. The lowest BCUT2D eigenvalue weighted by molar-refractivity contribution is 0.340. The third-order valence-electron chi connectivity index (χ3n) is 3.53. The maximum atomic E-state index is 12.6. The van der Waals surface area contributed by atoms with Crippen LogP contribution in [0.25, 0.3) is 0 Å². The molecule has 0 aliphatic carbocycles. The van der Waals surface area contributed by atoms with Crippen LogP contribution in [0.1, 0.15) is 12.8 Å². The first-order valence-corrected chi connectivity index (χ1v) is 7.98. The van der Waals surface area contributed by atoms with Crippen LogP contribution in [0.5, 0.6) is 0 Å². The van der Waals surface area contributed by atoms with E-state index < -0.39 is 10.0 Å². The monoisotopic (exact) mass is 295 g/mol. The summed E-state index contributed by atoms with van der Waals surface area (Å²) in [6.07, 6.45) is 8.32. The fourth-order valence-corrected chi connectivity index (χ4v) is 4.23. The summed E-state index contributed by atoms with van der Waals surface area (Å²) in [6, 6.07) is 1.79. The van der Waals surface area contributed by atoms with Gasteiger partial charge in [0.15, 0.2) is 5.03 Å². The first-order valence-electron chi connectivity index (χ1n) is 6.54. The van der Waals surface area contributed by atoms with E-state index in [4.69, 9.17) is 0 Å². The molecule has 108 valence electrons. The molecule has 1 aliphatic rings. The van der Waals surface area contributed by atoms with Crippen LogP contribution in [-0.2, 0) is 23.6 Å². The zero-order valence-electron chi connectivity index (χ0n) is 11.3. The Bertz CT molecular complexity index is 677. The average molecular weight is 295 g/mol. The third-order valence-corrected chi connectivity index (χ3v) is 5.37. The topological polar surface area (TPSA) is 73.0 Å². The van der Waals surface area contributed by atoms with E-state index in [2.05, 4.69) is 10.1 Å². The van der Waals surface area contributed by atoms with Crippen LogP contribution in [0, 0.1) is 0 Å². The van der Waals surface area contributed by atoms with E-state index in [0.29, 0.717) is 13.1 Å². The largest absolute Gasteiger partial charge is 0.339 e. The molecule has 0 aromatic carbocycles. The molecule has 2 aromatic rings. The maximum absolute atomic E-state index is 12.6. The van der Waals surface area contributed by atoms with Gasteiger partial charge in [0.25, 0.3) is 10.0 Å². The minimum atomic E-state index is -3.51. The van der Waals surface area contributed by atoms with E-state index in [1.165, 1.54) is 6.33 Å². The molecule has 1 aliphatic heterocycles. The van der Waals surface area contributed by atoms with Crippen molar-refractivity contribution in [1.29, 1.82) is 0 Å². The summed E-state index contributed by atoms with van der Waals surface area (Å²) in [5.41, 5.74) is 0. The Hall–Kier alpha value is -1.67. The van der Waals surface area contributed by atoms with Gasteiger partial charge in [-0.3, -0.25) is 4.68 Å². The first-order chi connectivity index (χ1) is 9.57. The van der Waals surface area contributed by atoms with Gasteiger partial charge in [0.2, 0.25) is 0 Å². The van der Waals surface area contributed by atoms with E-state index in [0.717, 1.165) is 12.8 Å². The zero-order valence-corrected chi connectivity index (χ0v) is 12.1. The molecular weight excluding hydrogens is 278 g/mol. The van der Waals surface area contributed by atoms with Crippen molar-refractivity contribution in [3.05, 3.63) is 31.0 Å².